The first-order valence-electron chi connectivity index (χ1n) is 13.7. The van der Waals surface area contributed by atoms with Crippen molar-refractivity contribution < 1.29 is 9.59 Å². The lowest BCUT2D eigenvalue weighted by atomic mass is 10.0. The Bertz CT molecular complexity index is 510. The molecule has 0 aromatic carbocycles. The third kappa shape index (κ3) is 11.4. The second-order valence-corrected chi connectivity index (χ2v) is 10.6. The van der Waals surface area contributed by atoms with Crippen LogP contribution in [0.1, 0.15) is 149 Å². The highest BCUT2D eigenvalue weighted by Crippen LogP contribution is 2.29. The lowest BCUT2D eigenvalue weighted by molar-refractivity contribution is -0.131. The van der Waals surface area contributed by atoms with Crippen molar-refractivity contribution in [1.29, 1.82) is 0 Å². The van der Waals surface area contributed by atoms with Gasteiger partial charge in [0.1, 0.15) is 5.54 Å². The largest absolute Gasteiger partial charge is 0.342 e. The molecule has 0 bridgehead atoms. The summed E-state index contributed by atoms with van der Waals surface area (Å²) in [6, 6.07) is -0.375. The first-order chi connectivity index (χ1) is 15.4. The van der Waals surface area contributed by atoms with Crippen LogP contribution in [0.4, 0.5) is 4.79 Å². The molecule has 0 aliphatic carbocycles. The van der Waals surface area contributed by atoms with Crippen molar-refractivity contribution in [3.8, 4) is 0 Å². The van der Waals surface area contributed by atoms with Crippen molar-refractivity contribution in [2.75, 3.05) is 6.54 Å². The average Bonchev–Trinajstić information content (AvgIpc) is 2.92. The molecule has 1 rings (SSSR count). The van der Waals surface area contributed by atoms with E-state index >= 15 is 0 Å². The highest BCUT2D eigenvalue weighted by atomic mass is 35.5. The van der Waals surface area contributed by atoms with Gasteiger partial charge >= 0.3 is 6.03 Å². The van der Waals surface area contributed by atoms with Gasteiger partial charge in [0, 0.05) is 18.3 Å². The smallest absolute Gasteiger partial charge is 0.272 e. The van der Waals surface area contributed by atoms with Crippen molar-refractivity contribution >= 4 is 23.7 Å². The number of unbranched alkanes of at least 4 members (excludes halogenated alkanes) is 19. The second-order valence-electron chi connectivity index (χ2n) is 10.3. The molecule has 0 radical (unpaired) electrons. The van der Waals surface area contributed by atoms with Gasteiger partial charge in [0.25, 0.3) is 5.91 Å². The van der Waals surface area contributed by atoms with Crippen molar-refractivity contribution in [1.82, 2.24) is 9.32 Å². The number of urea groups is 1. The molecular formula is C27H51ClN2O2. The summed E-state index contributed by atoms with van der Waals surface area (Å²) < 4.78 is 1.03. The number of carbonyl (C=O) groups excluding carboxylic acids is 2. The quantitative estimate of drug-likeness (QED) is 0.0953. The summed E-state index contributed by atoms with van der Waals surface area (Å²) in [6.45, 7) is 6.16. The highest BCUT2D eigenvalue weighted by molar-refractivity contribution is 6.27. The van der Waals surface area contributed by atoms with Crippen LogP contribution in [-0.2, 0) is 4.79 Å². The van der Waals surface area contributed by atoms with E-state index in [2.05, 4.69) is 6.92 Å². The maximum Gasteiger partial charge on any atom is 0.342 e. The maximum atomic E-state index is 12.3. The fraction of sp³-hybridized carbons (Fsp3) is 0.926. The van der Waals surface area contributed by atoms with Crippen LogP contribution >= 0.6 is 11.8 Å². The molecule has 5 heteroatoms. The summed E-state index contributed by atoms with van der Waals surface area (Å²) >= 11 is 5.96. The van der Waals surface area contributed by atoms with E-state index in [-0.39, 0.29) is 11.9 Å². The Morgan fingerprint density at radius 2 is 0.906 bits per heavy atom. The topological polar surface area (TPSA) is 40.6 Å². The Balaban J connectivity index is 1.80. The van der Waals surface area contributed by atoms with Crippen molar-refractivity contribution in [2.24, 2.45) is 0 Å². The standard InChI is InChI=1S/C27H51ClN2O2/c1-4-5-6-7-8-9-10-11-12-13-14-15-16-17-18-19-20-21-22-23-24-29-25(31)27(2,3)30(28)26(29)32/h4-24H2,1-3H3. The van der Waals surface area contributed by atoms with Crippen molar-refractivity contribution in [3.05, 3.63) is 0 Å². The van der Waals surface area contributed by atoms with E-state index in [1.54, 1.807) is 13.8 Å². The Kier molecular flexibility index (Phi) is 16.2. The molecule has 1 heterocycles. The number of imide groups is 1. The minimum Gasteiger partial charge on any atom is -0.272 e. The number of rotatable bonds is 21. The lowest BCUT2D eigenvalue weighted by Crippen LogP contribution is -2.39. The number of halogens is 1. The van der Waals surface area contributed by atoms with Crippen LogP contribution in [0.2, 0.25) is 0 Å². The second kappa shape index (κ2) is 17.7. The minimum absolute atomic E-state index is 0.185. The molecule has 0 N–H and O–H groups in total. The molecule has 1 fully saturated rings. The summed E-state index contributed by atoms with van der Waals surface area (Å²) in [7, 11) is 0. The third-order valence-electron chi connectivity index (χ3n) is 6.89. The first kappa shape index (κ1) is 29.3. The first-order valence-corrected chi connectivity index (χ1v) is 14.1. The average molecular weight is 471 g/mol. The molecule has 0 unspecified atom stereocenters. The minimum atomic E-state index is -0.924. The Labute approximate surface area is 203 Å². The number of hydrogen-bond donors (Lipinski definition) is 0. The molecule has 0 spiro atoms. The monoisotopic (exact) mass is 470 g/mol. The van der Waals surface area contributed by atoms with E-state index in [4.69, 9.17) is 11.8 Å². The zero-order valence-electron chi connectivity index (χ0n) is 21.4. The van der Waals surface area contributed by atoms with Gasteiger partial charge in [0.15, 0.2) is 0 Å². The van der Waals surface area contributed by atoms with Gasteiger partial charge in [0.05, 0.1) is 0 Å². The highest BCUT2D eigenvalue weighted by Gasteiger charge is 2.50. The molecule has 1 aliphatic heterocycles. The van der Waals surface area contributed by atoms with Crippen molar-refractivity contribution in [3.63, 3.8) is 0 Å². The van der Waals surface area contributed by atoms with E-state index in [1.165, 1.54) is 120 Å². The summed E-state index contributed by atoms with van der Waals surface area (Å²) in [4.78, 5) is 25.6. The molecule has 0 atom stereocenters. The molecular weight excluding hydrogens is 420 g/mol. The van der Waals surface area contributed by atoms with Crippen LogP contribution in [0.3, 0.4) is 0 Å². The van der Waals surface area contributed by atoms with E-state index in [0.29, 0.717) is 6.54 Å². The van der Waals surface area contributed by atoms with Crippen LogP contribution in [-0.4, -0.2) is 33.3 Å². The predicted molar refractivity (Wildman–Crippen MR) is 137 cm³/mol. The molecule has 1 saturated heterocycles. The normalized spacial score (nSPS) is 15.9. The zero-order chi connectivity index (χ0) is 23.7. The molecule has 188 valence electrons. The molecule has 1 aliphatic rings. The fourth-order valence-corrected chi connectivity index (χ4v) is 4.73. The molecule has 4 nitrogen and oxygen atoms in total. The number of hydrogen-bond acceptors (Lipinski definition) is 2. The molecule has 0 aromatic heterocycles. The van der Waals surface area contributed by atoms with Gasteiger partial charge in [0.2, 0.25) is 0 Å². The summed E-state index contributed by atoms with van der Waals surface area (Å²) in [5.74, 6) is -0.185. The van der Waals surface area contributed by atoms with Crippen LogP contribution < -0.4 is 0 Å². The van der Waals surface area contributed by atoms with Crippen LogP contribution in [0.5, 0.6) is 0 Å². The van der Waals surface area contributed by atoms with Crippen LogP contribution in [0.25, 0.3) is 0 Å². The Morgan fingerprint density at radius 3 is 1.19 bits per heavy atom. The predicted octanol–water partition coefficient (Wildman–Crippen LogP) is 9.00. The van der Waals surface area contributed by atoms with Gasteiger partial charge in [-0.1, -0.05) is 129 Å². The van der Waals surface area contributed by atoms with Crippen molar-refractivity contribution in [2.45, 2.75) is 155 Å². The van der Waals surface area contributed by atoms with E-state index in [0.717, 1.165) is 17.3 Å². The van der Waals surface area contributed by atoms with Gasteiger partial charge < -0.3 is 0 Å². The Morgan fingerprint density at radius 1 is 0.594 bits per heavy atom. The fourth-order valence-electron chi connectivity index (χ4n) is 4.57. The zero-order valence-corrected chi connectivity index (χ0v) is 22.2. The van der Waals surface area contributed by atoms with Crippen LogP contribution in [0, 0.1) is 0 Å². The van der Waals surface area contributed by atoms with Gasteiger partial charge in [-0.3, -0.25) is 9.69 Å². The number of carbonyl (C=O) groups is 2. The number of amides is 3. The number of nitrogens with zero attached hydrogens (tertiary/aromatic N) is 2. The molecule has 32 heavy (non-hydrogen) atoms. The van der Waals surface area contributed by atoms with Gasteiger partial charge in [-0.25, -0.2) is 9.21 Å². The van der Waals surface area contributed by atoms with Gasteiger partial charge in [-0.15, -0.1) is 0 Å². The summed E-state index contributed by atoms with van der Waals surface area (Å²) in [5, 5.41) is 0. The van der Waals surface area contributed by atoms with Crippen LogP contribution in [0.15, 0.2) is 0 Å². The summed E-state index contributed by atoms with van der Waals surface area (Å²) in [6.07, 6.45) is 26.9. The van der Waals surface area contributed by atoms with E-state index in [9.17, 15) is 9.59 Å². The molecule has 0 aromatic rings. The molecule has 0 saturated carbocycles. The van der Waals surface area contributed by atoms with E-state index < -0.39 is 5.54 Å². The third-order valence-corrected chi connectivity index (χ3v) is 7.46. The SMILES string of the molecule is CCCCCCCCCCCCCCCCCCCCCCN1C(=O)N(Cl)C(C)(C)C1=O. The van der Waals surface area contributed by atoms with Gasteiger partial charge in [-0.05, 0) is 20.3 Å². The molecule has 3 amide bonds. The van der Waals surface area contributed by atoms with Gasteiger partial charge in [-0.2, -0.15) is 0 Å². The Hall–Kier alpha value is -0.770. The summed E-state index contributed by atoms with van der Waals surface area (Å²) in [5.41, 5.74) is -0.924. The maximum absolute atomic E-state index is 12.3. The van der Waals surface area contributed by atoms with E-state index in [1.807, 2.05) is 0 Å². The lowest BCUT2D eigenvalue weighted by Gasteiger charge is -2.19.